The van der Waals surface area contributed by atoms with Crippen molar-refractivity contribution in [2.45, 2.75) is 44.9 Å². The molecule has 0 bridgehead atoms. The van der Waals surface area contributed by atoms with E-state index in [-0.39, 0.29) is 17.7 Å². The van der Waals surface area contributed by atoms with Gasteiger partial charge in [0.1, 0.15) is 0 Å². The molecule has 0 radical (unpaired) electrons. The van der Waals surface area contributed by atoms with Gasteiger partial charge >= 0.3 is 0 Å². The third-order valence-electron chi connectivity index (χ3n) is 5.07. The summed E-state index contributed by atoms with van der Waals surface area (Å²) >= 11 is 1.42. The minimum absolute atomic E-state index is 0.0505. The van der Waals surface area contributed by atoms with Gasteiger partial charge in [0, 0.05) is 5.69 Å². The van der Waals surface area contributed by atoms with Crippen molar-refractivity contribution < 1.29 is 4.79 Å². The number of amides is 1. The maximum Gasteiger partial charge on any atom is 0.234 e. The van der Waals surface area contributed by atoms with Crippen LogP contribution in [-0.2, 0) is 11.3 Å². The van der Waals surface area contributed by atoms with E-state index in [0.717, 1.165) is 34.2 Å². The number of thioether (sulfide) groups is 1. The molecule has 0 aliphatic carbocycles. The van der Waals surface area contributed by atoms with Crippen LogP contribution in [0.15, 0.2) is 53.7 Å². The highest BCUT2D eigenvalue weighted by Gasteiger charge is 2.22. The van der Waals surface area contributed by atoms with E-state index in [1.165, 1.54) is 17.3 Å². The number of nitrogens with one attached hydrogen (secondary N) is 1. The minimum Gasteiger partial charge on any atom is -0.325 e. The monoisotopic (exact) mass is 437 g/mol. The molecule has 7 heteroatoms. The van der Waals surface area contributed by atoms with E-state index in [0.29, 0.717) is 6.54 Å². The molecule has 1 unspecified atom stereocenters. The largest absolute Gasteiger partial charge is 0.325 e. The highest BCUT2D eigenvalue weighted by molar-refractivity contribution is 7.99. The van der Waals surface area contributed by atoms with Gasteiger partial charge < -0.3 is 9.88 Å². The Bertz CT molecular complexity index is 996. The SMILES string of the molecule is CCC(c1nnc(SCC(=O)Nc2cc(C)cc(C)c2)n1Cc1ccccc1)N(C)C. The van der Waals surface area contributed by atoms with Gasteiger partial charge in [0.15, 0.2) is 11.0 Å². The van der Waals surface area contributed by atoms with Crippen LogP contribution in [-0.4, -0.2) is 45.4 Å². The van der Waals surface area contributed by atoms with Gasteiger partial charge in [-0.1, -0.05) is 55.1 Å². The van der Waals surface area contributed by atoms with Gasteiger partial charge in [-0.3, -0.25) is 9.69 Å². The summed E-state index contributed by atoms with van der Waals surface area (Å²) in [5, 5.41) is 12.7. The van der Waals surface area contributed by atoms with Crippen molar-refractivity contribution in [1.29, 1.82) is 0 Å². The topological polar surface area (TPSA) is 63.1 Å². The van der Waals surface area contributed by atoms with Crippen LogP contribution < -0.4 is 5.32 Å². The number of carbonyl (C=O) groups excluding carboxylic acids is 1. The molecule has 0 aliphatic heterocycles. The first-order valence-corrected chi connectivity index (χ1v) is 11.5. The van der Waals surface area contributed by atoms with Crippen LogP contribution in [0.4, 0.5) is 5.69 Å². The molecular weight excluding hydrogens is 406 g/mol. The second kappa shape index (κ2) is 10.6. The van der Waals surface area contributed by atoms with E-state index in [4.69, 9.17) is 0 Å². The molecule has 31 heavy (non-hydrogen) atoms. The van der Waals surface area contributed by atoms with E-state index in [2.05, 4.69) is 64.2 Å². The van der Waals surface area contributed by atoms with Crippen LogP contribution in [0.2, 0.25) is 0 Å². The molecule has 1 heterocycles. The van der Waals surface area contributed by atoms with Gasteiger partial charge in [-0.05, 0) is 63.2 Å². The Hall–Kier alpha value is -2.64. The number of aromatic nitrogens is 3. The summed E-state index contributed by atoms with van der Waals surface area (Å²) < 4.78 is 2.14. The van der Waals surface area contributed by atoms with Crippen LogP contribution in [0.1, 0.15) is 41.9 Å². The van der Waals surface area contributed by atoms with Gasteiger partial charge in [0.05, 0.1) is 18.3 Å². The van der Waals surface area contributed by atoms with Crippen molar-refractivity contribution in [2.24, 2.45) is 0 Å². The lowest BCUT2D eigenvalue weighted by atomic mass is 10.1. The third-order valence-corrected chi connectivity index (χ3v) is 6.04. The second-order valence-corrected chi connectivity index (χ2v) is 8.96. The van der Waals surface area contributed by atoms with Crippen molar-refractivity contribution in [3.8, 4) is 0 Å². The standard InChI is InChI=1S/C24H31N5OS/c1-6-21(28(4)5)23-26-27-24(29(23)15-19-10-8-7-9-11-19)31-16-22(30)25-20-13-17(2)12-18(3)14-20/h7-14,21H,6,15-16H2,1-5H3,(H,25,30). The summed E-state index contributed by atoms with van der Waals surface area (Å²) in [5.74, 6) is 1.15. The number of nitrogens with zero attached hydrogens (tertiary/aromatic N) is 4. The molecule has 0 saturated heterocycles. The summed E-state index contributed by atoms with van der Waals surface area (Å²) in [6.07, 6.45) is 0.928. The first-order chi connectivity index (χ1) is 14.9. The normalized spacial score (nSPS) is 12.2. The average Bonchev–Trinajstić information content (AvgIpc) is 3.09. The van der Waals surface area contributed by atoms with Crippen molar-refractivity contribution in [3.05, 3.63) is 71.0 Å². The summed E-state index contributed by atoms with van der Waals surface area (Å²) in [6, 6.07) is 16.5. The Morgan fingerprint density at radius 3 is 2.39 bits per heavy atom. The van der Waals surface area contributed by atoms with Gasteiger partial charge in [-0.15, -0.1) is 10.2 Å². The number of carbonyl (C=O) groups is 1. The molecule has 1 N–H and O–H groups in total. The molecule has 0 saturated carbocycles. The van der Waals surface area contributed by atoms with Crippen LogP contribution >= 0.6 is 11.8 Å². The predicted molar refractivity (Wildman–Crippen MR) is 128 cm³/mol. The maximum atomic E-state index is 12.6. The Balaban J connectivity index is 1.78. The highest BCUT2D eigenvalue weighted by atomic mass is 32.2. The smallest absolute Gasteiger partial charge is 0.234 e. The minimum atomic E-state index is -0.0505. The average molecular weight is 438 g/mol. The van der Waals surface area contributed by atoms with E-state index in [1.54, 1.807) is 0 Å². The summed E-state index contributed by atoms with van der Waals surface area (Å²) in [4.78, 5) is 14.7. The lowest BCUT2D eigenvalue weighted by molar-refractivity contribution is -0.113. The van der Waals surface area contributed by atoms with Gasteiger partial charge in [0.2, 0.25) is 5.91 Å². The zero-order chi connectivity index (χ0) is 22.4. The fourth-order valence-corrected chi connectivity index (χ4v) is 4.47. The van der Waals surface area contributed by atoms with Gasteiger partial charge in [-0.25, -0.2) is 0 Å². The van der Waals surface area contributed by atoms with Crippen LogP contribution in [0.5, 0.6) is 0 Å². The molecule has 0 spiro atoms. The van der Waals surface area contributed by atoms with E-state index >= 15 is 0 Å². The molecule has 1 amide bonds. The van der Waals surface area contributed by atoms with Crippen LogP contribution in [0, 0.1) is 13.8 Å². The van der Waals surface area contributed by atoms with E-state index < -0.39 is 0 Å². The van der Waals surface area contributed by atoms with Crippen LogP contribution in [0.25, 0.3) is 0 Å². The predicted octanol–water partition coefficient (Wildman–Crippen LogP) is 4.69. The van der Waals surface area contributed by atoms with E-state index in [1.807, 2.05) is 44.2 Å². The second-order valence-electron chi connectivity index (χ2n) is 8.01. The summed E-state index contributed by atoms with van der Waals surface area (Å²) in [5.41, 5.74) is 4.26. The third kappa shape index (κ3) is 6.18. The molecule has 3 aromatic rings. The lowest BCUT2D eigenvalue weighted by Crippen LogP contribution is -2.23. The molecule has 0 aliphatic rings. The van der Waals surface area contributed by atoms with E-state index in [9.17, 15) is 4.79 Å². The van der Waals surface area contributed by atoms with Crippen LogP contribution in [0.3, 0.4) is 0 Å². The molecule has 0 fully saturated rings. The van der Waals surface area contributed by atoms with Crippen molar-refractivity contribution in [2.75, 3.05) is 25.2 Å². The molecule has 1 aromatic heterocycles. The van der Waals surface area contributed by atoms with Crippen molar-refractivity contribution in [1.82, 2.24) is 19.7 Å². The Morgan fingerprint density at radius 1 is 1.10 bits per heavy atom. The Labute approximate surface area is 189 Å². The molecule has 2 aromatic carbocycles. The fraction of sp³-hybridized carbons (Fsp3) is 0.375. The zero-order valence-corrected chi connectivity index (χ0v) is 19.7. The van der Waals surface area contributed by atoms with Crippen molar-refractivity contribution in [3.63, 3.8) is 0 Å². The maximum absolute atomic E-state index is 12.6. The number of hydrogen-bond acceptors (Lipinski definition) is 5. The lowest BCUT2D eigenvalue weighted by Gasteiger charge is -2.23. The number of aryl methyl sites for hydroxylation is 2. The molecule has 1 atom stereocenters. The first-order valence-electron chi connectivity index (χ1n) is 10.5. The number of anilines is 1. The van der Waals surface area contributed by atoms with Gasteiger partial charge in [0.25, 0.3) is 0 Å². The number of hydrogen-bond donors (Lipinski definition) is 1. The number of rotatable bonds is 9. The summed E-state index contributed by atoms with van der Waals surface area (Å²) in [7, 11) is 4.11. The number of benzene rings is 2. The molecule has 6 nitrogen and oxygen atoms in total. The summed E-state index contributed by atoms with van der Waals surface area (Å²) in [6.45, 7) is 6.88. The first kappa shape index (κ1) is 23.0. The Kier molecular flexibility index (Phi) is 7.87. The fourth-order valence-electron chi connectivity index (χ4n) is 3.72. The quantitative estimate of drug-likeness (QED) is 0.492. The molecular formula is C24H31N5OS. The molecule has 164 valence electrons. The van der Waals surface area contributed by atoms with Crippen molar-refractivity contribution >= 4 is 23.4 Å². The molecule has 3 rings (SSSR count). The highest BCUT2D eigenvalue weighted by Crippen LogP contribution is 2.26. The zero-order valence-electron chi connectivity index (χ0n) is 18.9. The Morgan fingerprint density at radius 2 is 1.77 bits per heavy atom. The van der Waals surface area contributed by atoms with Gasteiger partial charge in [-0.2, -0.15) is 0 Å².